The highest BCUT2D eigenvalue weighted by molar-refractivity contribution is 6.31. The molecule has 19 heavy (non-hydrogen) atoms. The molecule has 0 spiro atoms. The number of aromatic nitrogens is 3. The molecule has 0 aliphatic carbocycles. The van der Waals surface area contributed by atoms with Crippen molar-refractivity contribution < 1.29 is 0 Å². The fourth-order valence-electron chi connectivity index (χ4n) is 1.83. The maximum atomic E-state index is 6.10. The Balaban J connectivity index is 2.10. The average molecular weight is 277 g/mol. The second-order valence-electron chi connectivity index (χ2n) is 4.18. The van der Waals surface area contributed by atoms with Gasteiger partial charge in [0, 0.05) is 11.6 Å². The summed E-state index contributed by atoms with van der Waals surface area (Å²) in [7, 11) is 0. The van der Waals surface area contributed by atoms with E-state index >= 15 is 0 Å². The number of hydrogen-bond donors (Lipinski definition) is 1. The van der Waals surface area contributed by atoms with Crippen LogP contribution in [0.2, 0.25) is 5.02 Å². The number of hydrogen-bond acceptors (Lipinski definition) is 4. The molecule has 0 fully saturated rings. The molecule has 100 valence electrons. The predicted molar refractivity (Wildman–Crippen MR) is 77.4 cm³/mol. The van der Waals surface area contributed by atoms with Crippen LogP contribution in [-0.2, 0) is 19.4 Å². The minimum atomic E-state index is 0.550. The molecule has 0 radical (unpaired) electrons. The molecule has 0 unspecified atom stereocenters. The van der Waals surface area contributed by atoms with Crippen molar-refractivity contribution in [3.63, 3.8) is 0 Å². The van der Waals surface area contributed by atoms with Crippen molar-refractivity contribution in [2.24, 2.45) is 0 Å². The lowest BCUT2D eigenvalue weighted by molar-refractivity contribution is 0.819. The Morgan fingerprint density at radius 1 is 1.05 bits per heavy atom. The lowest BCUT2D eigenvalue weighted by atomic mass is 10.2. The molecule has 0 amide bonds. The van der Waals surface area contributed by atoms with E-state index in [0.717, 1.165) is 34.8 Å². The highest BCUT2D eigenvalue weighted by atomic mass is 35.5. The van der Waals surface area contributed by atoms with Crippen molar-refractivity contribution in [2.45, 2.75) is 33.2 Å². The summed E-state index contributed by atoms with van der Waals surface area (Å²) in [6, 6.07) is 7.72. The number of anilines is 1. The molecule has 0 aliphatic heterocycles. The zero-order valence-electron chi connectivity index (χ0n) is 11.2. The average Bonchev–Trinajstić information content (AvgIpc) is 2.46. The topological polar surface area (TPSA) is 50.7 Å². The highest BCUT2D eigenvalue weighted by Crippen LogP contribution is 2.16. The lowest BCUT2D eigenvalue weighted by Gasteiger charge is -2.08. The second-order valence-corrected chi connectivity index (χ2v) is 4.59. The molecule has 0 bridgehead atoms. The quantitative estimate of drug-likeness (QED) is 0.911. The van der Waals surface area contributed by atoms with E-state index in [9.17, 15) is 0 Å². The number of halogens is 1. The van der Waals surface area contributed by atoms with Gasteiger partial charge in [-0.25, -0.2) is 4.98 Å². The predicted octanol–water partition coefficient (Wildman–Crippen LogP) is 3.26. The van der Waals surface area contributed by atoms with Crippen molar-refractivity contribution in [3.8, 4) is 0 Å². The van der Waals surface area contributed by atoms with E-state index in [2.05, 4.69) is 34.3 Å². The molecule has 1 aromatic carbocycles. The van der Waals surface area contributed by atoms with Crippen LogP contribution >= 0.6 is 11.6 Å². The van der Waals surface area contributed by atoms with Gasteiger partial charge in [-0.05, 0) is 24.5 Å². The van der Waals surface area contributed by atoms with Crippen LogP contribution in [0.4, 0.5) is 5.95 Å². The molecular formula is C14H17ClN4. The summed E-state index contributed by atoms with van der Waals surface area (Å²) >= 11 is 6.10. The van der Waals surface area contributed by atoms with Crippen molar-refractivity contribution in [3.05, 3.63) is 46.2 Å². The van der Waals surface area contributed by atoms with Crippen LogP contribution in [-0.4, -0.2) is 15.2 Å². The maximum absolute atomic E-state index is 6.10. The molecule has 2 rings (SSSR count). The second kappa shape index (κ2) is 6.48. The summed E-state index contributed by atoms with van der Waals surface area (Å²) in [5, 5.41) is 12.2. The van der Waals surface area contributed by atoms with E-state index in [1.807, 2.05) is 24.3 Å². The summed E-state index contributed by atoms with van der Waals surface area (Å²) < 4.78 is 0. The van der Waals surface area contributed by atoms with Gasteiger partial charge in [-0.1, -0.05) is 43.6 Å². The fourth-order valence-corrected chi connectivity index (χ4v) is 2.03. The van der Waals surface area contributed by atoms with E-state index in [0.29, 0.717) is 12.5 Å². The van der Waals surface area contributed by atoms with Crippen LogP contribution < -0.4 is 5.32 Å². The van der Waals surface area contributed by atoms with Crippen LogP contribution in [0.25, 0.3) is 0 Å². The number of benzene rings is 1. The first kappa shape index (κ1) is 13.7. The van der Waals surface area contributed by atoms with Gasteiger partial charge in [-0.2, -0.15) is 5.10 Å². The summed E-state index contributed by atoms with van der Waals surface area (Å²) in [5.41, 5.74) is 2.98. The smallest absolute Gasteiger partial charge is 0.243 e. The van der Waals surface area contributed by atoms with Gasteiger partial charge in [0.25, 0.3) is 0 Å². The number of aryl methyl sites for hydroxylation is 2. The van der Waals surface area contributed by atoms with Gasteiger partial charge in [0.2, 0.25) is 5.95 Å². The molecule has 5 heteroatoms. The molecule has 4 nitrogen and oxygen atoms in total. The zero-order valence-corrected chi connectivity index (χ0v) is 11.9. The van der Waals surface area contributed by atoms with Gasteiger partial charge in [-0.15, -0.1) is 5.10 Å². The molecule has 1 heterocycles. The number of nitrogens with zero attached hydrogens (tertiary/aromatic N) is 3. The van der Waals surface area contributed by atoms with E-state index in [-0.39, 0.29) is 0 Å². The minimum absolute atomic E-state index is 0.550. The first-order chi connectivity index (χ1) is 9.24. The van der Waals surface area contributed by atoms with Gasteiger partial charge >= 0.3 is 0 Å². The SMILES string of the molecule is CCc1nnc(NCc2ccccc2Cl)nc1CC. The number of nitrogens with one attached hydrogen (secondary N) is 1. The molecule has 1 N–H and O–H groups in total. The van der Waals surface area contributed by atoms with Crippen molar-refractivity contribution in [1.82, 2.24) is 15.2 Å². The molecule has 0 saturated carbocycles. The molecule has 1 aromatic heterocycles. The molecular weight excluding hydrogens is 260 g/mol. The Morgan fingerprint density at radius 3 is 2.47 bits per heavy atom. The third-order valence-corrected chi connectivity index (χ3v) is 3.27. The van der Waals surface area contributed by atoms with Crippen molar-refractivity contribution in [1.29, 1.82) is 0 Å². The van der Waals surface area contributed by atoms with Gasteiger partial charge in [-0.3, -0.25) is 0 Å². The fraction of sp³-hybridized carbons (Fsp3) is 0.357. The van der Waals surface area contributed by atoms with Gasteiger partial charge in [0.15, 0.2) is 0 Å². The minimum Gasteiger partial charge on any atom is -0.349 e. The van der Waals surface area contributed by atoms with Gasteiger partial charge in [0.05, 0.1) is 11.4 Å². The Morgan fingerprint density at radius 2 is 1.79 bits per heavy atom. The third-order valence-electron chi connectivity index (χ3n) is 2.90. The standard InChI is InChI=1S/C14H17ClN4/c1-3-12-13(4-2)18-19-14(17-12)16-9-10-7-5-6-8-11(10)15/h5-8H,3-4,9H2,1-2H3,(H,16,17,19). The van der Waals surface area contributed by atoms with Gasteiger partial charge < -0.3 is 5.32 Å². The van der Waals surface area contributed by atoms with E-state index < -0.39 is 0 Å². The summed E-state index contributed by atoms with van der Waals surface area (Å²) in [6.07, 6.45) is 1.72. The third kappa shape index (κ3) is 3.41. The molecule has 0 aliphatic rings. The summed E-state index contributed by atoms with van der Waals surface area (Å²) in [4.78, 5) is 4.48. The van der Waals surface area contributed by atoms with Crippen molar-refractivity contribution >= 4 is 17.5 Å². The first-order valence-corrected chi connectivity index (χ1v) is 6.82. The Kier molecular flexibility index (Phi) is 4.68. The summed E-state index contributed by atoms with van der Waals surface area (Å²) in [6.45, 7) is 4.72. The Hall–Kier alpha value is -1.68. The molecule has 2 aromatic rings. The highest BCUT2D eigenvalue weighted by Gasteiger charge is 2.06. The van der Waals surface area contributed by atoms with Crippen LogP contribution in [0.1, 0.15) is 30.8 Å². The largest absolute Gasteiger partial charge is 0.349 e. The van der Waals surface area contributed by atoms with E-state index in [4.69, 9.17) is 11.6 Å². The Labute approximate surface area is 118 Å². The zero-order chi connectivity index (χ0) is 13.7. The van der Waals surface area contributed by atoms with Crippen LogP contribution in [0.15, 0.2) is 24.3 Å². The van der Waals surface area contributed by atoms with E-state index in [1.165, 1.54) is 0 Å². The van der Waals surface area contributed by atoms with Crippen LogP contribution in [0, 0.1) is 0 Å². The summed E-state index contributed by atoms with van der Waals surface area (Å²) in [5.74, 6) is 0.550. The maximum Gasteiger partial charge on any atom is 0.243 e. The normalized spacial score (nSPS) is 10.5. The number of rotatable bonds is 5. The van der Waals surface area contributed by atoms with Gasteiger partial charge in [0.1, 0.15) is 0 Å². The molecule has 0 saturated heterocycles. The van der Waals surface area contributed by atoms with Crippen LogP contribution in [0.3, 0.4) is 0 Å². The van der Waals surface area contributed by atoms with Crippen molar-refractivity contribution in [2.75, 3.05) is 5.32 Å². The Bertz CT molecular complexity index is 557. The lowest BCUT2D eigenvalue weighted by Crippen LogP contribution is -2.09. The van der Waals surface area contributed by atoms with Crippen LogP contribution in [0.5, 0.6) is 0 Å². The monoisotopic (exact) mass is 276 g/mol. The molecule has 0 atom stereocenters. The first-order valence-electron chi connectivity index (χ1n) is 6.44. The van der Waals surface area contributed by atoms with E-state index in [1.54, 1.807) is 0 Å².